The summed E-state index contributed by atoms with van der Waals surface area (Å²) in [5, 5.41) is 10.1. The van der Waals surface area contributed by atoms with Gasteiger partial charge in [-0.25, -0.2) is 0 Å². The van der Waals surface area contributed by atoms with Gasteiger partial charge in [-0.1, -0.05) is 18.2 Å². The molecule has 0 saturated heterocycles. The van der Waals surface area contributed by atoms with Crippen LogP contribution in [0.2, 0.25) is 0 Å². The van der Waals surface area contributed by atoms with Crippen LogP contribution < -0.4 is 5.73 Å². The number of hydrogen-bond acceptors (Lipinski definition) is 2. The zero-order valence-corrected chi connectivity index (χ0v) is 8.14. The summed E-state index contributed by atoms with van der Waals surface area (Å²) in [4.78, 5) is 0. The van der Waals surface area contributed by atoms with E-state index >= 15 is 0 Å². The summed E-state index contributed by atoms with van der Waals surface area (Å²) >= 11 is 0. The molecule has 1 heterocycles. The second kappa shape index (κ2) is 3.44. The van der Waals surface area contributed by atoms with Gasteiger partial charge in [-0.2, -0.15) is 0 Å². The van der Waals surface area contributed by atoms with Crippen molar-refractivity contribution < 1.29 is 5.11 Å². The molecule has 0 aliphatic heterocycles. The van der Waals surface area contributed by atoms with Gasteiger partial charge in [-0.05, 0) is 11.6 Å². The van der Waals surface area contributed by atoms with Crippen molar-refractivity contribution in [2.24, 2.45) is 12.8 Å². The molecule has 0 saturated carbocycles. The molecule has 3 heteroatoms. The van der Waals surface area contributed by atoms with Crippen molar-refractivity contribution in [3.8, 4) is 0 Å². The van der Waals surface area contributed by atoms with E-state index in [0.29, 0.717) is 0 Å². The third kappa shape index (κ3) is 1.31. The summed E-state index contributed by atoms with van der Waals surface area (Å²) in [6.07, 6.45) is 1.98. The summed E-state index contributed by atoms with van der Waals surface area (Å²) in [7, 11) is 1.98. The molecular formula is C11H14N2O. The second-order valence-corrected chi connectivity index (χ2v) is 3.50. The summed E-state index contributed by atoms with van der Waals surface area (Å²) in [6, 6.07) is 7.76. The van der Waals surface area contributed by atoms with Crippen molar-refractivity contribution in [2.75, 3.05) is 6.61 Å². The first kappa shape index (κ1) is 9.24. The highest BCUT2D eigenvalue weighted by molar-refractivity contribution is 5.84. The molecule has 3 nitrogen and oxygen atoms in total. The summed E-state index contributed by atoms with van der Waals surface area (Å²) < 4.78 is 2.03. The molecule has 74 valence electrons. The van der Waals surface area contributed by atoms with Crippen LogP contribution in [-0.4, -0.2) is 16.3 Å². The Kier molecular flexibility index (Phi) is 2.27. The Hall–Kier alpha value is -1.32. The summed E-state index contributed by atoms with van der Waals surface area (Å²) in [5.74, 6) is 0. The van der Waals surface area contributed by atoms with Gasteiger partial charge in [0.2, 0.25) is 0 Å². The first-order chi connectivity index (χ1) is 6.74. The fourth-order valence-electron chi connectivity index (χ4n) is 1.77. The summed E-state index contributed by atoms with van der Waals surface area (Å²) in [6.45, 7) is -0.0198. The smallest absolute Gasteiger partial charge is 0.0625 e. The van der Waals surface area contributed by atoms with Crippen molar-refractivity contribution in [1.82, 2.24) is 4.57 Å². The molecule has 3 N–H and O–H groups in total. The van der Waals surface area contributed by atoms with Crippen molar-refractivity contribution in [2.45, 2.75) is 6.04 Å². The molecule has 2 aromatic rings. The Bertz CT molecular complexity index is 447. The number of benzene rings is 1. The Morgan fingerprint density at radius 3 is 2.86 bits per heavy atom. The van der Waals surface area contributed by atoms with Crippen LogP contribution in [0.5, 0.6) is 0 Å². The van der Waals surface area contributed by atoms with Gasteiger partial charge in [0.1, 0.15) is 0 Å². The lowest BCUT2D eigenvalue weighted by Gasteiger charge is -2.05. The van der Waals surface area contributed by atoms with Crippen LogP contribution in [0.4, 0.5) is 0 Å². The molecule has 1 atom stereocenters. The van der Waals surface area contributed by atoms with Crippen LogP contribution in [0.25, 0.3) is 10.9 Å². The minimum atomic E-state index is -0.291. The predicted molar refractivity (Wildman–Crippen MR) is 56.9 cm³/mol. The van der Waals surface area contributed by atoms with E-state index in [4.69, 9.17) is 10.8 Å². The number of aliphatic hydroxyl groups excluding tert-OH is 1. The first-order valence-corrected chi connectivity index (χ1v) is 4.64. The molecule has 1 aromatic carbocycles. The van der Waals surface area contributed by atoms with Gasteiger partial charge >= 0.3 is 0 Å². The van der Waals surface area contributed by atoms with Gasteiger partial charge in [0.25, 0.3) is 0 Å². The number of aliphatic hydroxyl groups is 1. The molecule has 0 radical (unpaired) electrons. The van der Waals surface area contributed by atoms with Gasteiger partial charge in [0, 0.05) is 24.1 Å². The molecule has 0 aliphatic carbocycles. The maximum atomic E-state index is 9.02. The minimum Gasteiger partial charge on any atom is -0.394 e. The third-order valence-electron chi connectivity index (χ3n) is 2.52. The number of hydrogen-bond donors (Lipinski definition) is 2. The van der Waals surface area contributed by atoms with Crippen LogP contribution in [-0.2, 0) is 7.05 Å². The number of nitrogens with two attached hydrogens (primary N) is 1. The fourth-order valence-corrected chi connectivity index (χ4v) is 1.77. The van der Waals surface area contributed by atoms with E-state index in [0.717, 1.165) is 16.5 Å². The van der Waals surface area contributed by atoms with Gasteiger partial charge < -0.3 is 15.4 Å². The standard InChI is InChI=1S/C11H14N2O/c1-13-6-9(10(12)7-14)8-4-2-3-5-11(8)13/h2-6,10,14H,7,12H2,1H3/t10-/m0/s1. The Morgan fingerprint density at radius 1 is 1.43 bits per heavy atom. The minimum absolute atomic E-state index is 0.0198. The molecule has 2 rings (SSSR count). The maximum absolute atomic E-state index is 9.02. The molecule has 0 aliphatic rings. The van der Waals surface area contributed by atoms with Crippen molar-refractivity contribution in [3.63, 3.8) is 0 Å². The van der Waals surface area contributed by atoms with Gasteiger partial charge in [0.15, 0.2) is 0 Å². The molecule has 0 unspecified atom stereocenters. The van der Waals surface area contributed by atoms with E-state index in [9.17, 15) is 0 Å². The number of aromatic nitrogens is 1. The molecule has 0 bridgehead atoms. The van der Waals surface area contributed by atoms with Gasteiger partial charge in [-0.3, -0.25) is 0 Å². The van der Waals surface area contributed by atoms with E-state index in [1.165, 1.54) is 0 Å². The topological polar surface area (TPSA) is 51.2 Å². The Balaban J connectivity index is 2.66. The van der Waals surface area contributed by atoms with E-state index in [-0.39, 0.29) is 12.6 Å². The van der Waals surface area contributed by atoms with Gasteiger partial charge in [-0.15, -0.1) is 0 Å². The number of fused-ring (bicyclic) bond motifs is 1. The van der Waals surface area contributed by atoms with E-state index < -0.39 is 0 Å². The highest BCUT2D eigenvalue weighted by Gasteiger charge is 2.11. The number of para-hydroxylation sites is 1. The van der Waals surface area contributed by atoms with Crippen molar-refractivity contribution in [3.05, 3.63) is 36.0 Å². The summed E-state index contributed by atoms with van der Waals surface area (Å²) in [5.41, 5.74) is 7.96. The SMILES string of the molecule is Cn1cc([C@@H](N)CO)c2ccccc21. The third-order valence-corrected chi connectivity index (χ3v) is 2.52. The number of nitrogens with zero attached hydrogens (tertiary/aromatic N) is 1. The predicted octanol–water partition coefficient (Wildman–Crippen LogP) is 1.17. The largest absolute Gasteiger partial charge is 0.394 e. The van der Waals surface area contributed by atoms with E-state index in [1.807, 2.05) is 42.1 Å². The highest BCUT2D eigenvalue weighted by Crippen LogP contribution is 2.24. The lowest BCUT2D eigenvalue weighted by Crippen LogP contribution is -2.13. The zero-order chi connectivity index (χ0) is 10.1. The number of aryl methyl sites for hydroxylation is 1. The monoisotopic (exact) mass is 190 g/mol. The zero-order valence-electron chi connectivity index (χ0n) is 8.14. The van der Waals surface area contributed by atoms with Crippen LogP contribution in [0.1, 0.15) is 11.6 Å². The van der Waals surface area contributed by atoms with Crippen LogP contribution in [0.3, 0.4) is 0 Å². The Morgan fingerprint density at radius 2 is 2.14 bits per heavy atom. The molecule has 1 aromatic heterocycles. The van der Waals surface area contributed by atoms with Crippen LogP contribution >= 0.6 is 0 Å². The molecule has 0 amide bonds. The first-order valence-electron chi connectivity index (χ1n) is 4.64. The van der Waals surface area contributed by atoms with E-state index in [2.05, 4.69) is 0 Å². The van der Waals surface area contributed by atoms with Crippen molar-refractivity contribution in [1.29, 1.82) is 0 Å². The van der Waals surface area contributed by atoms with Crippen LogP contribution in [0.15, 0.2) is 30.5 Å². The molecule has 14 heavy (non-hydrogen) atoms. The normalized spacial score (nSPS) is 13.4. The fraction of sp³-hybridized carbons (Fsp3) is 0.273. The second-order valence-electron chi connectivity index (χ2n) is 3.50. The lowest BCUT2D eigenvalue weighted by molar-refractivity contribution is 0.268. The average Bonchev–Trinajstić information content (AvgIpc) is 2.56. The quantitative estimate of drug-likeness (QED) is 0.747. The van der Waals surface area contributed by atoms with Gasteiger partial charge in [0.05, 0.1) is 12.6 Å². The Labute approximate surface area is 82.8 Å². The molecular weight excluding hydrogens is 176 g/mol. The van der Waals surface area contributed by atoms with Crippen molar-refractivity contribution >= 4 is 10.9 Å². The number of rotatable bonds is 2. The molecule has 0 spiro atoms. The maximum Gasteiger partial charge on any atom is 0.0625 e. The lowest BCUT2D eigenvalue weighted by atomic mass is 10.1. The highest BCUT2D eigenvalue weighted by atomic mass is 16.3. The molecule has 0 fully saturated rings. The van der Waals surface area contributed by atoms with E-state index in [1.54, 1.807) is 0 Å². The average molecular weight is 190 g/mol. The van der Waals surface area contributed by atoms with Crippen LogP contribution in [0, 0.1) is 0 Å².